The summed E-state index contributed by atoms with van der Waals surface area (Å²) >= 11 is 0. The fourth-order valence-electron chi connectivity index (χ4n) is 0.684. The smallest absolute Gasteiger partial charge is 0.126 e. The van der Waals surface area contributed by atoms with Gasteiger partial charge in [-0.15, -0.1) is 0 Å². The van der Waals surface area contributed by atoms with Crippen molar-refractivity contribution in [3.8, 4) is 0 Å². The van der Waals surface area contributed by atoms with E-state index in [0.717, 1.165) is 0 Å². The first kappa shape index (κ1) is 7.21. The molecule has 1 N–H and O–H groups in total. The number of aryl methyl sites for hydroxylation is 1. The number of aliphatic hydroxyl groups excluding tert-OH is 1. The highest BCUT2D eigenvalue weighted by Crippen LogP contribution is 2.08. The van der Waals surface area contributed by atoms with Gasteiger partial charge >= 0.3 is 0 Å². The standard InChI is InChI=1S/C6H9FN2O/c1-9-3-5(8-4-9)6(10)2-7/h3-4,6,10H,2H2,1H3. The van der Waals surface area contributed by atoms with Crippen LogP contribution in [0.2, 0.25) is 0 Å². The lowest BCUT2D eigenvalue weighted by Crippen LogP contribution is -1.98. The maximum Gasteiger partial charge on any atom is 0.126 e. The highest BCUT2D eigenvalue weighted by molar-refractivity contribution is 5.00. The summed E-state index contributed by atoms with van der Waals surface area (Å²) in [6, 6.07) is 0. The monoisotopic (exact) mass is 144 g/mol. The molecule has 1 aromatic heterocycles. The molecule has 1 unspecified atom stereocenters. The molecule has 0 spiro atoms. The number of imidazole rings is 1. The van der Waals surface area contributed by atoms with Crippen LogP contribution in [0.25, 0.3) is 0 Å². The number of hydrogen-bond acceptors (Lipinski definition) is 2. The molecule has 1 rings (SSSR count). The van der Waals surface area contributed by atoms with Gasteiger partial charge < -0.3 is 9.67 Å². The molecule has 0 aromatic carbocycles. The topological polar surface area (TPSA) is 38.0 Å². The fourth-order valence-corrected chi connectivity index (χ4v) is 0.684. The van der Waals surface area contributed by atoms with Crippen LogP contribution in [0, 0.1) is 0 Å². The van der Waals surface area contributed by atoms with E-state index in [-0.39, 0.29) is 0 Å². The average Bonchev–Trinajstić information content (AvgIpc) is 2.34. The largest absolute Gasteiger partial charge is 0.384 e. The Hall–Kier alpha value is -0.900. The number of rotatable bonds is 2. The predicted molar refractivity (Wildman–Crippen MR) is 34.1 cm³/mol. The van der Waals surface area contributed by atoms with Gasteiger partial charge in [-0.05, 0) is 0 Å². The normalized spacial score (nSPS) is 13.5. The minimum Gasteiger partial charge on any atom is -0.384 e. The molecule has 0 saturated heterocycles. The molecule has 0 fully saturated rings. The van der Waals surface area contributed by atoms with Crippen LogP contribution in [0.1, 0.15) is 11.8 Å². The Morgan fingerprint density at radius 2 is 2.60 bits per heavy atom. The van der Waals surface area contributed by atoms with E-state index in [9.17, 15) is 4.39 Å². The minimum absolute atomic E-state index is 0.380. The molecule has 56 valence electrons. The Bertz CT molecular complexity index is 211. The first-order valence-corrected chi connectivity index (χ1v) is 2.96. The molecule has 1 atom stereocenters. The Morgan fingerprint density at radius 1 is 1.90 bits per heavy atom. The third-order valence-corrected chi connectivity index (χ3v) is 1.21. The highest BCUT2D eigenvalue weighted by atomic mass is 19.1. The SMILES string of the molecule is Cn1cnc(C(O)CF)c1. The van der Waals surface area contributed by atoms with Crippen LogP contribution in [0.3, 0.4) is 0 Å². The van der Waals surface area contributed by atoms with Crippen molar-refractivity contribution in [1.82, 2.24) is 9.55 Å². The molecule has 10 heavy (non-hydrogen) atoms. The second-order valence-electron chi connectivity index (χ2n) is 2.13. The minimum atomic E-state index is -1.07. The van der Waals surface area contributed by atoms with Crippen LogP contribution >= 0.6 is 0 Å². The van der Waals surface area contributed by atoms with Crippen molar-refractivity contribution in [3.05, 3.63) is 18.2 Å². The van der Waals surface area contributed by atoms with E-state index in [0.29, 0.717) is 5.69 Å². The predicted octanol–water partition coefficient (Wildman–Crippen LogP) is 0.423. The summed E-state index contributed by atoms with van der Waals surface area (Å²) in [4.78, 5) is 3.76. The summed E-state index contributed by atoms with van der Waals surface area (Å²) < 4.78 is 13.4. The Labute approximate surface area is 58.1 Å². The summed E-state index contributed by atoms with van der Waals surface area (Å²) in [6.07, 6.45) is 2.04. The van der Waals surface area contributed by atoms with E-state index in [1.54, 1.807) is 17.8 Å². The number of aliphatic hydroxyl groups is 1. The molecule has 0 saturated carbocycles. The van der Waals surface area contributed by atoms with Gasteiger partial charge in [-0.1, -0.05) is 0 Å². The lowest BCUT2D eigenvalue weighted by atomic mass is 10.3. The molecule has 3 nitrogen and oxygen atoms in total. The fraction of sp³-hybridized carbons (Fsp3) is 0.500. The van der Waals surface area contributed by atoms with Crippen LogP contribution in [0.4, 0.5) is 4.39 Å². The molecular weight excluding hydrogens is 135 g/mol. The van der Waals surface area contributed by atoms with Crippen molar-refractivity contribution in [3.63, 3.8) is 0 Å². The molecule has 0 aliphatic heterocycles. The molecule has 1 aromatic rings. The van der Waals surface area contributed by atoms with Gasteiger partial charge in [0.05, 0.1) is 12.0 Å². The van der Waals surface area contributed by atoms with Gasteiger partial charge in [0.25, 0.3) is 0 Å². The van der Waals surface area contributed by atoms with E-state index in [4.69, 9.17) is 5.11 Å². The van der Waals surface area contributed by atoms with Crippen LogP contribution in [-0.2, 0) is 7.05 Å². The Balaban J connectivity index is 2.74. The maximum atomic E-state index is 11.8. The van der Waals surface area contributed by atoms with Gasteiger partial charge in [0.1, 0.15) is 12.8 Å². The van der Waals surface area contributed by atoms with Crippen LogP contribution in [0.5, 0.6) is 0 Å². The molecule has 0 radical (unpaired) electrons. The van der Waals surface area contributed by atoms with Gasteiger partial charge in [-0.2, -0.15) is 0 Å². The second-order valence-corrected chi connectivity index (χ2v) is 2.13. The van der Waals surface area contributed by atoms with Crippen LogP contribution in [-0.4, -0.2) is 21.3 Å². The van der Waals surface area contributed by atoms with Crippen molar-refractivity contribution in [2.24, 2.45) is 7.05 Å². The zero-order valence-corrected chi connectivity index (χ0v) is 5.66. The third kappa shape index (κ3) is 1.33. The van der Waals surface area contributed by atoms with Gasteiger partial charge in [-0.25, -0.2) is 9.37 Å². The van der Waals surface area contributed by atoms with Crippen molar-refractivity contribution in [1.29, 1.82) is 0 Å². The van der Waals surface area contributed by atoms with Crippen molar-refractivity contribution in [2.45, 2.75) is 6.10 Å². The third-order valence-electron chi connectivity index (χ3n) is 1.21. The molecule has 0 bridgehead atoms. The van der Waals surface area contributed by atoms with Crippen molar-refractivity contribution in [2.75, 3.05) is 6.67 Å². The average molecular weight is 144 g/mol. The second kappa shape index (κ2) is 2.79. The Morgan fingerprint density at radius 3 is 3.00 bits per heavy atom. The number of hydrogen-bond donors (Lipinski definition) is 1. The van der Waals surface area contributed by atoms with Crippen LogP contribution in [0.15, 0.2) is 12.5 Å². The zero-order chi connectivity index (χ0) is 7.56. The summed E-state index contributed by atoms with van der Waals surface area (Å²) in [6.45, 7) is -0.781. The first-order chi connectivity index (χ1) is 4.74. The van der Waals surface area contributed by atoms with E-state index in [1.165, 1.54) is 6.33 Å². The highest BCUT2D eigenvalue weighted by Gasteiger charge is 2.08. The van der Waals surface area contributed by atoms with E-state index >= 15 is 0 Å². The summed E-state index contributed by atoms with van der Waals surface area (Å²) in [5.41, 5.74) is 0.380. The van der Waals surface area contributed by atoms with Gasteiger partial charge in [0.15, 0.2) is 0 Å². The number of halogens is 1. The lowest BCUT2D eigenvalue weighted by molar-refractivity contribution is 0.138. The van der Waals surface area contributed by atoms with E-state index in [1.807, 2.05) is 0 Å². The number of aromatic nitrogens is 2. The Kier molecular flexibility index (Phi) is 2.01. The quantitative estimate of drug-likeness (QED) is 0.653. The van der Waals surface area contributed by atoms with Crippen molar-refractivity contribution >= 4 is 0 Å². The van der Waals surface area contributed by atoms with E-state index in [2.05, 4.69) is 4.98 Å². The number of alkyl halides is 1. The molecule has 0 aliphatic carbocycles. The maximum absolute atomic E-state index is 11.8. The van der Waals surface area contributed by atoms with Crippen LogP contribution < -0.4 is 0 Å². The molecule has 1 heterocycles. The van der Waals surface area contributed by atoms with Gasteiger partial charge in [0, 0.05) is 13.2 Å². The molecule has 0 amide bonds. The number of nitrogens with zero attached hydrogens (tertiary/aromatic N) is 2. The summed E-state index contributed by atoms with van der Waals surface area (Å²) in [5.74, 6) is 0. The summed E-state index contributed by atoms with van der Waals surface area (Å²) in [5, 5.41) is 8.89. The lowest BCUT2D eigenvalue weighted by Gasteiger charge is -1.98. The van der Waals surface area contributed by atoms with E-state index < -0.39 is 12.8 Å². The van der Waals surface area contributed by atoms with Gasteiger partial charge in [-0.3, -0.25) is 0 Å². The van der Waals surface area contributed by atoms with Gasteiger partial charge in [0.2, 0.25) is 0 Å². The first-order valence-electron chi connectivity index (χ1n) is 2.96. The van der Waals surface area contributed by atoms with Crippen molar-refractivity contribution < 1.29 is 9.50 Å². The zero-order valence-electron chi connectivity index (χ0n) is 5.66. The molecule has 4 heteroatoms. The molecule has 0 aliphatic rings. The molecular formula is C6H9FN2O. The summed E-state index contributed by atoms with van der Waals surface area (Å²) in [7, 11) is 1.77.